The molecule has 4 nitrogen and oxygen atoms in total. The van der Waals surface area contributed by atoms with Crippen LogP contribution >= 0.6 is 0 Å². The van der Waals surface area contributed by atoms with Crippen molar-refractivity contribution in [1.29, 1.82) is 0 Å². The van der Waals surface area contributed by atoms with E-state index < -0.39 is 18.0 Å². The van der Waals surface area contributed by atoms with E-state index in [4.69, 9.17) is 4.74 Å². The summed E-state index contributed by atoms with van der Waals surface area (Å²) in [6.45, 7) is 1.25. The smallest absolute Gasteiger partial charge is 0.303 e. The van der Waals surface area contributed by atoms with Crippen molar-refractivity contribution in [2.75, 3.05) is 0 Å². The Morgan fingerprint density at radius 1 is 1.15 bits per heavy atom. The van der Waals surface area contributed by atoms with Gasteiger partial charge in [0.15, 0.2) is 0 Å². The third-order valence-electron chi connectivity index (χ3n) is 5.67. The fourth-order valence-corrected chi connectivity index (χ4v) is 5.46. The quantitative estimate of drug-likeness (QED) is 0.718. The van der Waals surface area contributed by atoms with E-state index >= 15 is 0 Å². The standard InChI is InChI=1S/C16H24O4/c1-10(17)20-14(15(18)19)2-3-16-7-11-4-12(8-16)6-13(5-11)9-16/h11-14H,2-9H2,1H3,(H,18,19)/p-1. The topological polar surface area (TPSA) is 66.4 Å². The number of rotatable bonds is 5. The molecule has 4 heteroatoms. The predicted molar refractivity (Wildman–Crippen MR) is 70.4 cm³/mol. The molecule has 0 heterocycles. The van der Waals surface area contributed by atoms with Crippen LogP contribution in [0.2, 0.25) is 0 Å². The molecule has 1 unspecified atom stereocenters. The fraction of sp³-hybridized carbons (Fsp3) is 0.875. The lowest BCUT2D eigenvalue weighted by atomic mass is 9.48. The third-order valence-corrected chi connectivity index (χ3v) is 5.67. The summed E-state index contributed by atoms with van der Waals surface area (Å²) in [5, 5.41) is 11.1. The van der Waals surface area contributed by atoms with Crippen LogP contribution in [0, 0.1) is 23.2 Å². The minimum atomic E-state index is -1.26. The highest BCUT2D eigenvalue weighted by Gasteiger charge is 2.50. The molecule has 4 aliphatic carbocycles. The summed E-state index contributed by atoms with van der Waals surface area (Å²) in [5.74, 6) is 0.777. The van der Waals surface area contributed by atoms with E-state index in [1.54, 1.807) is 0 Å². The number of carbonyl (C=O) groups is 2. The first-order chi connectivity index (χ1) is 9.46. The Balaban J connectivity index is 1.62. The van der Waals surface area contributed by atoms with Crippen LogP contribution < -0.4 is 5.11 Å². The van der Waals surface area contributed by atoms with E-state index in [0.29, 0.717) is 11.8 Å². The molecule has 4 rings (SSSR count). The second-order valence-corrected chi connectivity index (χ2v) is 7.37. The van der Waals surface area contributed by atoms with Crippen LogP contribution in [0.15, 0.2) is 0 Å². The number of aliphatic carboxylic acids is 1. The van der Waals surface area contributed by atoms with Crippen molar-refractivity contribution >= 4 is 11.9 Å². The van der Waals surface area contributed by atoms with Gasteiger partial charge in [-0.3, -0.25) is 4.79 Å². The second kappa shape index (κ2) is 5.05. The molecule has 0 aromatic rings. The third kappa shape index (κ3) is 2.70. The molecule has 0 aromatic carbocycles. The molecule has 112 valence electrons. The Morgan fingerprint density at radius 2 is 1.65 bits per heavy atom. The number of hydrogen-bond acceptors (Lipinski definition) is 4. The molecular weight excluding hydrogens is 256 g/mol. The van der Waals surface area contributed by atoms with E-state index in [2.05, 4.69) is 0 Å². The molecule has 0 aromatic heterocycles. The van der Waals surface area contributed by atoms with Gasteiger partial charge in [-0.05, 0) is 74.5 Å². The molecular formula is C16H23O4-. The molecule has 0 spiro atoms. The van der Waals surface area contributed by atoms with Crippen LogP contribution in [-0.4, -0.2) is 18.0 Å². The molecule has 0 amide bonds. The summed E-state index contributed by atoms with van der Waals surface area (Å²) >= 11 is 0. The summed E-state index contributed by atoms with van der Waals surface area (Å²) in [7, 11) is 0. The summed E-state index contributed by atoms with van der Waals surface area (Å²) in [6.07, 6.45) is 8.10. The summed E-state index contributed by atoms with van der Waals surface area (Å²) in [4.78, 5) is 22.0. The lowest BCUT2D eigenvalue weighted by molar-refractivity contribution is -0.316. The van der Waals surface area contributed by atoms with Crippen LogP contribution in [0.4, 0.5) is 0 Å². The van der Waals surface area contributed by atoms with E-state index in [9.17, 15) is 14.7 Å². The van der Waals surface area contributed by atoms with Gasteiger partial charge in [-0.2, -0.15) is 0 Å². The van der Waals surface area contributed by atoms with Crippen molar-refractivity contribution in [2.45, 2.75) is 64.4 Å². The van der Waals surface area contributed by atoms with E-state index in [-0.39, 0.29) is 0 Å². The first-order valence-corrected chi connectivity index (χ1v) is 7.84. The monoisotopic (exact) mass is 279 g/mol. The Morgan fingerprint density at radius 3 is 2.05 bits per heavy atom. The maximum atomic E-state index is 11.1. The van der Waals surface area contributed by atoms with Gasteiger partial charge < -0.3 is 14.6 Å². The summed E-state index contributed by atoms with van der Waals surface area (Å²) < 4.78 is 4.87. The lowest BCUT2D eigenvalue weighted by Gasteiger charge is -2.57. The molecule has 0 saturated heterocycles. The minimum Gasteiger partial charge on any atom is -0.546 e. The maximum Gasteiger partial charge on any atom is 0.303 e. The van der Waals surface area contributed by atoms with Gasteiger partial charge in [0.2, 0.25) is 0 Å². The highest BCUT2D eigenvalue weighted by molar-refractivity contribution is 5.75. The number of carboxylic acids is 1. The van der Waals surface area contributed by atoms with Crippen molar-refractivity contribution in [2.24, 2.45) is 23.2 Å². The lowest BCUT2D eigenvalue weighted by Crippen LogP contribution is -2.47. The zero-order chi connectivity index (χ0) is 14.3. The van der Waals surface area contributed by atoms with Crippen molar-refractivity contribution in [3.8, 4) is 0 Å². The number of carbonyl (C=O) groups excluding carboxylic acids is 2. The molecule has 0 radical (unpaired) electrons. The number of esters is 1. The van der Waals surface area contributed by atoms with Crippen LogP contribution in [0.5, 0.6) is 0 Å². The highest BCUT2D eigenvalue weighted by atomic mass is 16.6. The Labute approximate surface area is 119 Å². The molecule has 1 atom stereocenters. The maximum absolute atomic E-state index is 11.1. The van der Waals surface area contributed by atoms with Crippen molar-refractivity contribution in [1.82, 2.24) is 0 Å². The molecule has 4 saturated carbocycles. The number of carboxylic acid groups (broad SMARTS) is 1. The average molecular weight is 279 g/mol. The first-order valence-electron chi connectivity index (χ1n) is 7.84. The zero-order valence-electron chi connectivity index (χ0n) is 12.1. The van der Waals surface area contributed by atoms with Crippen LogP contribution in [0.25, 0.3) is 0 Å². The molecule has 4 bridgehead atoms. The second-order valence-electron chi connectivity index (χ2n) is 7.37. The Hall–Kier alpha value is -1.06. The van der Waals surface area contributed by atoms with Gasteiger partial charge in [0.25, 0.3) is 0 Å². The fourth-order valence-electron chi connectivity index (χ4n) is 5.46. The van der Waals surface area contributed by atoms with E-state index in [0.717, 1.165) is 24.2 Å². The van der Waals surface area contributed by atoms with E-state index in [1.807, 2.05) is 0 Å². The van der Waals surface area contributed by atoms with Gasteiger partial charge in [-0.15, -0.1) is 0 Å². The van der Waals surface area contributed by atoms with Gasteiger partial charge in [0.1, 0.15) is 6.10 Å². The van der Waals surface area contributed by atoms with Crippen LogP contribution in [0.3, 0.4) is 0 Å². The molecule has 0 N–H and O–H groups in total. The van der Waals surface area contributed by atoms with Gasteiger partial charge in [-0.1, -0.05) is 0 Å². The number of hydrogen-bond donors (Lipinski definition) is 0. The van der Waals surface area contributed by atoms with Gasteiger partial charge in [0.05, 0.1) is 5.97 Å². The zero-order valence-corrected chi connectivity index (χ0v) is 12.1. The highest BCUT2D eigenvalue weighted by Crippen LogP contribution is 2.61. The first kappa shape index (κ1) is 13.9. The van der Waals surface area contributed by atoms with Crippen LogP contribution in [-0.2, 0) is 14.3 Å². The van der Waals surface area contributed by atoms with E-state index in [1.165, 1.54) is 45.4 Å². The van der Waals surface area contributed by atoms with Gasteiger partial charge in [0, 0.05) is 6.92 Å². The van der Waals surface area contributed by atoms with Crippen molar-refractivity contribution < 1.29 is 19.4 Å². The van der Waals surface area contributed by atoms with Gasteiger partial charge in [-0.25, -0.2) is 0 Å². The molecule has 4 fully saturated rings. The van der Waals surface area contributed by atoms with Crippen LogP contribution in [0.1, 0.15) is 58.3 Å². The van der Waals surface area contributed by atoms with Gasteiger partial charge >= 0.3 is 5.97 Å². The number of ether oxygens (including phenoxy) is 1. The average Bonchev–Trinajstić information content (AvgIpc) is 2.32. The summed E-state index contributed by atoms with van der Waals surface area (Å²) in [6, 6.07) is 0. The Bertz CT molecular complexity index is 379. The summed E-state index contributed by atoms with van der Waals surface area (Å²) in [5.41, 5.74) is 0.322. The SMILES string of the molecule is CC(=O)OC(CCC12CC3CC(CC(C3)C1)C2)C(=O)[O-]. The largest absolute Gasteiger partial charge is 0.546 e. The molecule has 4 aliphatic rings. The normalized spacial score (nSPS) is 39.5. The molecule has 20 heavy (non-hydrogen) atoms. The predicted octanol–water partition coefficient (Wildman–Crippen LogP) is 1.66. The van der Waals surface area contributed by atoms with Crippen molar-refractivity contribution in [3.05, 3.63) is 0 Å². The minimum absolute atomic E-state index is 0.322. The van der Waals surface area contributed by atoms with Crippen molar-refractivity contribution in [3.63, 3.8) is 0 Å². The Kier molecular flexibility index (Phi) is 3.51. The molecule has 0 aliphatic heterocycles.